The molecule has 3 rings (SSSR count). The van der Waals surface area contributed by atoms with Gasteiger partial charge in [0.2, 0.25) is 5.76 Å². The zero-order chi connectivity index (χ0) is 18.1. The molecule has 3 aromatic rings. The van der Waals surface area contributed by atoms with E-state index in [0.29, 0.717) is 11.0 Å². The molecule has 0 spiro atoms. The van der Waals surface area contributed by atoms with Crippen LogP contribution >= 0.6 is 0 Å². The molecule has 8 nitrogen and oxygen atoms in total. The first kappa shape index (κ1) is 16.2. The van der Waals surface area contributed by atoms with Gasteiger partial charge in [0.15, 0.2) is 0 Å². The number of hydrogen-bond donors (Lipinski definition) is 2. The number of rotatable bonds is 4. The van der Waals surface area contributed by atoms with E-state index in [2.05, 4.69) is 5.32 Å². The second-order valence-electron chi connectivity index (χ2n) is 5.33. The highest BCUT2D eigenvalue weighted by Gasteiger charge is 2.23. The summed E-state index contributed by atoms with van der Waals surface area (Å²) in [6.07, 6.45) is 0. The molecular formula is C17H13N3O5. The second-order valence-corrected chi connectivity index (χ2v) is 5.33. The predicted octanol–water partition coefficient (Wildman–Crippen LogP) is 3.00. The summed E-state index contributed by atoms with van der Waals surface area (Å²) < 4.78 is 5.39. The Morgan fingerprint density at radius 1 is 1.16 bits per heavy atom. The van der Waals surface area contributed by atoms with E-state index >= 15 is 0 Å². The highest BCUT2D eigenvalue weighted by atomic mass is 16.6. The van der Waals surface area contributed by atoms with Gasteiger partial charge in [-0.1, -0.05) is 18.2 Å². The Balaban J connectivity index is 2.06. The summed E-state index contributed by atoms with van der Waals surface area (Å²) in [5.74, 6) is -1.62. The van der Waals surface area contributed by atoms with Gasteiger partial charge < -0.3 is 15.5 Å². The van der Waals surface area contributed by atoms with Gasteiger partial charge in [-0.15, -0.1) is 0 Å². The predicted molar refractivity (Wildman–Crippen MR) is 90.5 cm³/mol. The highest BCUT2D eigenvalue weighted by Crippen LogP contribution is 2.31. The standard InChI is InChI=1S/C17H13N3O5/c1-9-10(6-4-7-12(9)20(23)24)17(22)19-14-11-5-2-3-8-13(11)25-15(14)16(18)21/h2-8H,1H3,(H2,18,21)(H,19,22). The van der Waals surface area contributed by atoms with Crippen molar-refractivity contribution in [2.75, 3.05) is 5.32 Å². The minimum Gasteiger partial charge on any atom is -0.449 e. The molecule has 0 aliphatic heterocycles. The largest absolute Gasteiger partial charge is 0.449 e. The number of carbonyl (C=O) groups excluding carboxylic acids is 2. The molecule has 3 N–H and O–H groups in total. The number of anilines is 1. The maximum atomic E-state index is 12.6. The third-order valence-electron chi connectivity index (χ3n) is 3.80. The molecule has 25 heavy (non-hydrogen) atoms. The maximum Gasteiger partial charge on any atom is 0.286 e. The van der Waals surface area contributed by atoms with E-state index in [0.717, 1.165) is 0 Å². The lowest BCUT2D eigenvalue weighted by molar-refractivity contribution is -0.385. The molecule has 0 bridgehead atoms. The second kappa shape index (κ2) is 6.08. The summed E-state index contributed by atoms with van der Waals surface area (Å²) in [6.45, 7) is 1.48. The average molecular weight is 339 g/mol. The number of carbonyl (C=O) groups is 2. The third kappa shape index (κ3) is 2.80. The van der Waals surface area contributed by atoms with Crippen LogP contribution in [-0.2, 0) is 0 Å². The molecule has 0 aliphatic carbocycles. The zero-order valence-corrected chi connectivity index (χ0v) is 13.1. The normalized spacial score (nSPS) is 10.6. The van der Waals surface area contributed by atoms with Gasteiger partial charge in [-0.3, -0.25) is 19.7 Å². The first-order valence-corrected chi connectivity index (χ1v) is 7.27. The van der Waals surface area contributed by atoms with Gasteiger partial charge in [-0.25, -0.2) is 0 Å². The van der Waals surface area contributed by atoms with Crippen LogP contribution in [0.4, 0.5) is 11.4 Å². The summed E-state index contributed by atoms with van der Waals surface area (Å²) in [7, 11) is 0. The molecular weight excluding hydrogens is 326 g/mol. The van der Waals surface area contributed by atoms with E-state index < -0.39 is 16.7 Å². The highest BCUT2D eigenvalue weighted by molar-refractivity contribution is 6.14. The van der Waals surface area contributed by atoms with Crippen molar-refractivity contribution >= 4 is 34.2 Å². The van der Waals surface area contributed by atoms with E-state index in [-0.39, 0.29) is 28.3 Å². The fourth-order valence-corrected chi connectivity index (χ4v) is 2.59. The molecule has 0 atom stereocenters. The van der Waals surface area contributed by atoms with E-state index in [9.17, 15) is 19.7 Å². The number of nitrogens with one attached hydrogen (secondary N) is 1. The molecule has 0 unspecified atom stereocenters. The molecule has 1 heterocycles. The number of benzene rings is 2. The average Bonchev–Trinajstić information content (AvgIpc) is 2.93. The van der Waals surface area contributed by atoms with Crippen LogP contribution in [0.5, 0.6) is 0 Å². The zero-order valence-electron chi connectivity index (χ0n) is 13.1. The fourth-order valence-electron chi connectivity index (χ4n) is 2.59. The Bertz CT molecular complexity index is 1020. The van der Waals surface area contributed by atoms with Crippen molar-refractivity contribution < 1.29 is 18.9 Å². The van der Waals surface area contributed by atoms with Crippen molar-refractivity contribution in [3.63, 3.8) is 0 Å². The summed E-state index contributed by atoms with van der Waals surface area (Å²) in [5, 5.41) is 14.1. The SMILES string of the molecule is Cc1c(C(=O)Nc2c(C(N)=O)oc3ccccc23)cccc1[N+](=O)[O-]. The van der Waals surface area contributed by atoms with Crippen LogP contribution in [0.3, 0.4) is 0 Å². The van der Waals surface area contributed by atoms with Crippen LogP contribution in [0.15, 0.2) is 46.9 Å². The number of para-hydroxylation sites is 1. The van der Waals surface area contributed by atoms with Gasteiger partial charge in [-0.05, 0) is 25.1 Å². The number of primary amides is 1. The minimum absolute atomic E-state index is 0.120. The first-order chi connectivity index (χ1) is 11.9. The lowest BCUT2D eigenvalue weighted by Gasteiger charge is -2.08. The van der Waals surface area contributed by atoms with Crippen LogP contribution in [-0.4, -0.2) is 16.7 Å². The molecule has 0 radical (unpaired) electrons. The molecule has 8 heteroatoms. The van der Waals surface area contributed by atoms with Crippen LogP contribution in [0.2, 0.25) is 0 Å². The van der Waals surface area contributed by atoms with Gasteiger partial charge in [0, 0.05) is 22.6 Å². The van der Waals surface area contributed by atoms with Gasteiger partial charge in [0.1, 0.15) is 11.3 Å². The van der Waals surface area contributed by atoms with Gasteiger partial charge in [0.05, 0.1) is 4.92 Å². The van der Waals surface area contributed by atoms with Crippen LogP contribution in [0.1, 0.15) is 26.5 Å². The Morgan fingerprint density at radius 3 is 2.56 bits per heavy atom. The maximum absolute atomic E-state index is 12.6. The Morgan fingerprint density at radius 2 is 1.88 bits per heavy atom. The van der Waals surface area contributed by atoms with E-state index in [1.165, 1.54) is 25.1 Å². The van der Waals surface area contributed by atoms with Crippen molar-refractivity contribution in [2.24, 2.45) is 5.73 Å². The van der Waals surface area contributed by atoms with Crippen molar-refractivity contribution in [2.45, 2.75) is 6.92 Å². The number of nitro benzene ring substituents is 1. The number of fused-ring (bicyclic) bond motifs is 1. The Kier molecular flexibility index (Phi) is 3.94. The quantitative estimate of drug-likeness (QED) is 0.557. The molecule has 2 aromatic carbocycles. The monoisotopic (exact) mass is 339 g/mol. The lowest BCUT2D eigenvalue weighted by atomic mass is 10.1. The number of furan rings is 1. The van der Waals surface area contributed by atoms with Crippen molar-refractivity contribution in [1.82, 2.24) is 0 Å². The van der Waals surface area contributed by atoms with Gasteiger partial charge in [-0.2, -0.15) is 0 Å². The number of amides is 2. The van der Waals surface area contributed by atoms with Crippen molar-refractivity contribution in [3.8, 4) is 0 Å². The van der Waals surface area contributed by atoms with Gasteiger partial charge in [0.25, 0.3) is 17.5 Å². The Hall–Kier alpha value is -3.68. The number of nitrogens with two attached hydrogens (primary N) is 1. The summed E-state index contributed by atoms with van der Waals surface area (Å²) in [5.41, 5.74) is 6.02. The lowest BCUT2D eigenvalue weighted by Crippen LogP contribution is -2.18. The Labute approximate surface area is 141 Å². The molecule has 1 aromatic heterocycles. The summed E-state index contributed by atoms with van der Waals surface area (Å²) in [4.78, 5) is 34.7. The summed E-state index contributed by atoms with van der Waals surface area (Å²) >= 11 is 0. The summed E-state index contributed by atoms with van der Waals surface area (Å²) in [6, 6.07) is 10.9. The molecule has 2 amide bonds. The number of hydrogen-bond acceptors (Lipinski definition) is 5. The minimum atomic E-state index is -0.831. The molecule has 0 saturated heterocycles. The van der Waals surface area contributed by atoms with Crippen molar-refractivity contribution in [3.05, 3.63) is 69.5 Å². The van der Waals surface area contributed by atoms with E-state index in [1.54, 1.807) is 24.3 Å². The van der Waals surface area contributed by atoms with Crippen molar-refractivity contribution in [1.29, 1.82) is 0 Å². The molecule has 126 valence electrons. The van der Waals surface area contributed by atoms with E-state index in [4.69, 9.17) is 10.2 Å². The van der Waals surface area contributed by atoms with Crippen LogP contribution < -0.4 is 11.1 Å². The number of nitrogens with zero attached hydrogens (tertiary/aromatic N) is 1. The molecule has 0 fully saturated rings. The molecule has 0 saturated carbocycles. The molecule has 0 aliphatic rings. The fraction of sp³-hybridized carbons (Fsp3) is 0.0588. The third-order valence-corrected chi connectivity index (χ3v) is 3.80. The van der Waals surface area contributed by atoms with E-state index in [1.807, 2.05) is 0 Å². The van der Waals surface area contributed by atoms with Crippen LogP contribution in [0, 0.1) is 17.0 Å². The topological polar surface area (TPSA) is 128 Å². The smallest absolute Gasteiger partial charge is 0.286 e. The number of nitro groups is 1. The van der Waals surface area contributed by atoms with Gasteiger partial charge >= 0.3 is 0 Å². The van der Waals surface area contributed by atoms with Crippen LogP contribution in [0.25, 0.3) is 11.0 Å². The first-order valence-electron chi connectivity index (χ1n) is 7.27.